The Bertz CT molecular complexity index is 1340. The summed E-state index contributed by atoms with van der Waals surface area (Å²) >= 11 is 6.03. The van der Waals surface area contributed by atoms with Gasteiger partial charge < -0.3 is 14.9 Å². The van der Waals surface area contributed by atoms with Crippen molar-refractivity contribution in [3.8, 4) is 11.5 Å². The molecule has 1 atom stereocenters. The molecule has 1 unspecified atom stereocenters. The van der Waals surface area contributed by atoms with Gasteiger partial charge in [0.25, 0.3) is 11.7 Å². The Kier molecular flexibility index (Phi) is 6.34. The fourth-order valence-electron chi connectivity index (χ4n) is 4.31. The lowest BCUT2D eigenvalue weighted by atomic mass is 9.84. The van der Waals surface area contributed by atoms with E-state index in [1.165, 1.54) is 17.0 Å². The number of carbonyl (C=O) groups is 2. The van der Waals surface area contributed by atoms with Crippen LogP contribution < -0.4 is 9.64 Å². The topological polar surface area (TPSA) is 87.1 Å². The van der Waals surface area contributed by atoms with Crippen LogP contribution in [0.5, 0.6) is 11.5 Å². The zero-order chi connectivity index (χ0) is 25.5. The Hall–Kier alpha value is -3.77. The lowest BCUT2D eigenvalue weighted by molar-refractivity contribution is -0.132. The minimum absolute atomic E-state index is 0.0244. The molecule has 0 saturated carbocycles. The number of aromatic hydroxyl groups is 1. The number of aliphatic hydroxyl groups excluding tert-OH is 1. The zero-order valence-electron chi connectivity index (χ0n) is 19.9. The molecule has 180 valence electrons. The summed E-state index contributed by atoms with van der Waals surface area (Å²) in [5.41, 5.74) is 1.77. The smallest absolute Gasteiger partial charge is 0.300 e. The SMILES string of the molecule is COc1ccc(/C(O)=C2/C(=O)C(=O)N(c3ccc(Cl)cc3)C2c2cccc(O)c2)cc1C(C)(C)C. The Balaban J connectivity index is 1.96. The average molecular weight is 492 g/mol. The minimum Gasteiger partial charge on any atom is -0.508 e. The van der Waals surface area contributed by atoms with Crippen LogP contribution in [0.3, 0.4) is 0 Å². The van der Waals surface area contributed by atoms with Crippen LogP contribution in [-0.2, 0) is 15.0 Å². The van der Waals surface area contributed by atoms with Crippen LogP contribution in [-0.4, -0.2) is 29.0 Å². The maximum atomic E-state index is 13.3. The number of Topliss-reactive ketones (excluding diaryl/α,β-unsaturated/α-hetero) is 1. The van der Waals surface area contributed by atoms with Gasteiger partial charge in [-0.2, -0.15) is 0 Å². The van der Waals surface area contributed by atoms with Gasteiger partial charge in [0, 0.05) is 21.8 Å². The van der Waals surface area contributed by atoms with E-state index < -0.39 is 17.7 Å². The highest BCUT2D eigenvalue weighted by atomic mass is 35.5. The van der Waals surface area contributed by atoms with E-state index in [4.69, 9.17) is 16.3 Å². The molecule has 1 amide bonds. The fraction of sp³-hybridized carbons (Fsp3) is 0.214. The molecule has 0 spiro atoms. The van der Waals surface area contributed by atoms with Gasteiger partial charge in [-0.1, -0.05) is 44.5 Å². The number of phenolic OH excluding ortho intramolecular Hbond substituents is 1. The van der Waals surface area contributed by atoms with Crippen molar-refractivity contribution in [3.05, 3.63) is 94.0 Å². The molecule has 6 nitrogen and oxygen atoms in total. The predicted octanol–water partition coefficient (Wildman–Crippen LogP) is 5.98. The molecule has 1 aliphatic heterocycles. The molecule has 3 aromatic carbocycles. The Morgan fingerprint density at radius 3 is 2.29 bits per heavy atom. The van der Waals surface area contributed by atoms with Crippen molar-refractivity contribution >= 4 is 34.7 Å². The molecule has 35 heavy (non-hydrogen) atoms. The van der Waals surface area contributed by atoms with Crippen LogP contribution in [0.1, 0.15) is 43.5 Å². The fourth-order valence-corrected chi connectivity index (χ4v) is 4.43. The lowest BCUT2D eigenvalue weighted by Gasteiger charge is -2.26. The summed E-state index contributed by atoms with van der Waals surface area (Å²) in [5.74, 6) is -1.28. The maximum absolute atomic E-state index is 13.3. The van der Waals surface area contributed by atoms with E-state index in [1.807, 2.05) is 20.8 Å². The molecule has 7 heteroatoms. The van der Waals surface area contributed by atoms with E-state index in [0.717, 1.165) is 5.56 Å². The standard InChI is InChI=1S/C28H26ClNO5/c1-28(2,3)21-15-17(8-13-22(21)35-4)25(32)23-24(16-6-5-7-20(31)14-16)30(27(34)26(23)33)19-11-9-18(29)10-12-19/h5-15,24,31-32H,1-4H3/b25-23-. The van der Waals surface area contributed by atoms with Gasteiger partial charge in [-0.3, -0.25) is 14.5 Å². The number of phenols is 1. The lowest BCUT2D eigenvalue weighted by Crippen LogP contribution is -2.29. The first-order chi connectivity index (χ1) is 16.5. The first-order valence-electron chi connectivity index (χ1n) is 11.1. The quantitative estimate of drug-likeness (QED) is 0.266. The monoisotopic (exact) mass is 491 g/mol. The third kappa shape index (κ3) is 4.49. The number of rotatable bonds is 4. The highest BCUT2D eigenvalue weighted by Crippen LogP contribution is 2.43. The molecule has 0 aliphatic carbocycles. The van der Waals surface area contributed by atoms with Crippen LogP contribution in [0.25, 0.3) is 5.76 Å². The number of benzene rings is 3. The number of ketones is 1. The Morgan fingerprint density at radius 1 is 1.00 bits per heavy atom. The van der Waals surface area contributed by atoms with Gasteiger partial charge in [0.15, 0.2) is 0 Å². The Morgan fingerprint density at radius 2 is 1.69 bits per heavy atom. The highest BCUT2D eigenvalue weighted by Gasteiger charge is 2.47. The first kappa shape index (κ1) is 24.4. The third-order valence-corrected chi connectivity index (χ3v) is 6.27. The zero-order valence-corrected chi connectivity index (χ0v) is 20.6. The van der Waals surface area contributed by atoms with Crippen LogP contribution in [0.4, 0.5) is 5.69 Å². The third-order valence-electron chi connectivity index (χ3n) is 6.02. The second kappa shape index (κ2) is 9.12. The van der Waals surface area contributed by atoms with Crippen LogP contribution in [0.2, 0.25) is 5.02 Å². The number of nitrogens with zero attached hydrogens (tertiary/aromatic N) is 1. The van der Waals surface area contributed by atoms with E-state index in [0.29, 0.717) is 27.6 Å². The minimum atomic E-state index is -0.955. The summed E-state index contributed by atoms with van der Waals surface area (Å²) in [6.45, 7) is 6.04. The van der Waals surface area contributed by atoms with E-state index in [9.17, 15) is 19.8 Å². The van der Waals surface area contributed by atoms with Gasteiger partial charge in [-0.05, 0) is 65.6 Å². The number of methoxy groups -OCH3 is 1. The van der Waals surface area contributed by atoms with Crippen molar-refractivity contribution in [3.63, 3.8) is 0 Å². The molecule has 1 fully saturated rings. The summed E-state index contributed by atoms with van der Waals surface area (Å²) in [6, 6.07) is 17.0. The molecule has 0 bridgehead atoms. The van der Waals surface area contributed by atoms with Gasteiger partial charge in [0.2, 0.25) is 0 Å². The van der Waals surface area contributed by atoms with Crippen molar-refractivity contribution in [2.45, 2.75) is 32.2 Å². The molecule has 3 aromatic rings. The van der Waals surface area contributed by atoms with Crippen molar-refractivity contribution in [2.75, 3.05) is 12.0 Å². The summed E-state index contributed by atoms with van der Waals surface area (Å²) in [7, 11) is 1.57. The van der Waals surface area contributed by atoms with Gasteiger partial charge in [-0.25, -0.2) is 0 Å². The van der Waals surface area contributed by atoms with Gasteiger partial charge in [0.1, 0.15) is 17.3 Å². The van der Waals surface area contributed by atoms with Crippen LogP contribution in [0.15, 0.2) is 72.3 Å². The number of aliphatic hydroxyl groups is 1. The van der Waals surface area contributed by atoms with Crippen LogP contribution in [0, 0.1) is 0 Å². The molecule has 1 saturated heterocycles. The van der Waals surface area contributed by atoms with Gasteiger partial charge in [-0.15, -0.1) is 0 Å². The molecular formula is C28H26ClNO5. The number of anilines is 1. The first-order valence-corrected chi connectivity index (χ1v) is 11.4. The molecule has 1 aliphatic rings. The molecule has 0 aromatic heterocycles. The maximum Gasteiger partial charge on any atom is 0.300 e. The van der Waals surface area contributed by atoms with Gasteiger partial charge >= 0.3 is 0 Å². The second-order valence-electron chi connectivity index (χ2n) is 9.41. The normalized spacial score (nSPS) is 17.6. The second-order valence-corrected chi connectivity index (χ2v) is 9.84. The molecule has 1 heterocycles. The number of amides is 1. The highest BCUT2D eigenvalue weighted by molar-refractivity contribution is 6.51. The number of ether oxygens (including phenoxy) is 1. The van der Waals surface area contributed by atoms with Crippen LogP contribution >= 0.6 is 11.6 Å². The molecule has 2 N–H and O–H groups in total. The van der Waals surface area contributed by atoms with Crippen molar-refractivity contribution < 1.29 is 24.5 Å². The number of halogens is 1. The summed E-state index contributed by atoms with van der Waals surface area (Å²) in [4.78, 5) is 27.9. The summed E-state index contributed by atoms with van der Waals surface area (Å²) in [6.07, 6.45) is 0. The predicted molar refractivity (Wildman–Crippen MR) is 136 cm³/mol. The van der Waals surface area contributed by atoms with E-state index >= 15 is 0 Å². The van der Waals surface area contributed by atoms with Gasteiger partial charge in [0.05, 0.1) is 18.7 Å². The average Bonchev–Trinajstić information content (AvgIpc) is 3.08. The molecule has 0 radical (unpaired) electrons. The number of carbonyl (C=O) groups excluding carboxylic acids is 2. The van der Waals surface area contributed by atoms with Crippen molar-refractivity contribution in [1.29, 1.82) is 0 Å². The molecular weight excluding hydrogens is 466 g/mol. The molecule has 4 rings (SSSR count). The Labute approximate surface area is 209 Å². The number of hydrogen-bond acceptors (Lipinski definition) is 5. The van der Waals surface area contributed by atoms with Crippen molar-refractivity contribution in [1.82, 2.24) is 0 Å². The van der Waals surface area contributed by atoms with E-state index in [-0.39, 0.29) is 22.5 Å². The van der Waals surface area contributed by atoms with E-state index in [2.05, 4.69) is 0 Å². The summed E-state index contributed by atoms with van der Waals surface area (Å²) in [5, 5.41) is 22.0. The largest absolute Gasteiger partial charge is 0.508 e. The van der Waals surface area contributed by atoms with Crippen molar-refractivity contribution in [2.24, 2.45) is 0 Å². The summed E-state index contributed by atoms with van der Waals surface area (Å²) < 4.78 is 5.49. The van der Waals surface area contributed by atoms with E-state index in [1.54, 1.807) is 61.7 Å². The number of hydrogen-bond donors (Lipinski definition) is 2.